The van der Waals surface area contributed by atoms with E-state index in [2.05, 4.69) is 42.0 Å². The first-order valence-electron chi connectivity index (χ1n) is 13.4. The van der Waals surface area contributed by atoms with E-state index in [1.54, 1.807) is 4.90 Å². The van der Waals surface area contributed by atoms with Gasteiger partial charge in [0.1, 0.15) is 11.8 Å². The molecule has 0 bridgehead atoms. The molecular formula is C33H41BrN2O3. The standard InChI is InChI=1S/C33H41BrN2O3/c1-23-12-11-15-25(18-23)21-36(28(31(38)35-33(5,6)7)19-24-13-9-8-10-14-24)30(37)22-39-29-17-16-26(20-27(29)34)32(2,3)4/h8-18,20,28H,19,21-22H2,1-7H3,(H,35,38)/t28-/m1/s1. The van der Waals surface area contributed by atoms with E-state index in [-0.39, 0.29) is 23.8 Å². The monoisotopic (exact) mass is 592 g/mol. The molecule has 2 amide bonds. The maximum absolute atomic E-state index is 13.9. The van der Waals surface area contributed by atoms with Gasteiger partial charge < -0.3 is 15.0 Å². The molecule has 0 spiro atoms. The van der Waals surface area contributed by atoms with Gasteiger partial charge >= 0.3 is 0 Å². The first kappa shape index (κ1) is 30.4. The van der Waals surface area contributed by atoms with Crippen molar-refractivity contribution in [3.63, 3.8) is 0 Å². The van der Waals surface area contributed by atoms with Gasteiger partial charge in [-0.05, 0) is 77.9 Å². The van der Waals surface area contributed by atoms with Crippen molar-refractivity contribution in [3.05, 3.63) is 99.5 Å². The second-order valence-corrected chi connectivity index (χ2v) is 13.0. The van der Waals surface area contributed by atoms with E-state index in [9.17, 15) is 9.59 Å². The largest absolute Gasteiger partial charge is 0.483 e. The zero-order valence-corrected chi connectivity index (χ0v) is 25.8. The lowest BCUT2D eigenvalue weighted by Gasteiger charge is -2.34. The van der Waals surface area contributed by atoms with Crippen molar-refractivity contribution in [1.82, 2.24) is 10.2 Å². The van der Waals surface area contributed by atoms with E-state index < -0.39 is 11.6 Å². The molecule has 0 aliphatic rings. The van der Waals surface area contributed by atoms with Crippen molar-refractivity contribution in [1.29, 1.82) is 0 Å². The highest BCUT2D eigenvalue weighted by atomic mass is 79.9. The van der Waals surface area contributed by atoms with Gasteiger partial charge in [-0.1, -0.05) is 87.0 Å². The van der Waals surface area contributed by atoms with Crippen molar-refractivity contribution < 1.29 is 14.3 Å². The van der Waals surface area contributed by atoms with Crippen molar-refractivity contribution in [2.24, 2.45) is 0 Å². The fourth-order valence-corrected chi connectivity index (χ4v) is 4.81. The van der Waals surface area contributed by atoms with Crippen LogP contribution in [0.4, 0.5) is 0 Å². The molecule has 1 N–H and O–H groups in total. The lowest BCUT2D eigenvalue weighted by Crippen LogP contribution is -2.55. The van der Waals surface area contributed by atoms with Crippen LogP contribution in [-0.4, -0.2) is 34.9 Å². The van der Waals surface area contributed by atoms with Gasteiger partial charge in [0.15, 0.2) is 6.61 Å². The van der Waals surface area contributed by atoms with Crippen LogP contribution in [0, 0.1) is 6.92 Å². The van der Waals surface area contributed by atoms with Crippen LogP contribution in [0.15, 0.2) is 77.3 Å². The van der Waals surface area contributed by atoms with E-state index in [1.807, 2.05) is 100 Å². The molecule has 39 heavy (non-hydrogen) atoms. The molecule has 0 aliphatic carbocycles. The third kappa shape index (κ3) is 9.24. The Labute approximate surface area is 242 Å². The van der Waals surface area contributed by atoms with Crippen LogP contribution in [-0.2, 0) is 28.0 Å². The van der Waals surface area contributed by atoms with E-state index in [4.69, 9.17) is 4.74 Å². The second kappa shape index (κ2) is 12.8. The zero-order chi connectivity index (χ0) is 28.8. The number of benzene rings is 3. The number of carbonyl (C=O) groups excluding carboxylic acids is 2. The Balaban J connectivity index is 1.93. The quantitative estimate of drug-likeness (QED) is 0.291. The van der Waals surface area contributed by atoms with Crippen LogP contribution < -0.4 is 10.1 Å². The average Bonchev–Trinajstić information content (AvgIpc) is 2.84. The fourth-order valence-electron chi connectivity index (χ4n) is 4.32. The molecule has 0 saturated carbocycles. The van der Waals surface area contributed by atoms with Gasteiger partial charge in [-0.25, -0.2) is 0 Å². The maximum atomic E-state index is 13.9. The van der Waals surface area contributed by atoms with Crippen molar-refractivity contribution >= 4 is 27.7 Å². The molecule has 3 aromatic rings. The first-order chi connectivity index (χ1) is 18.2. The predicted octanol–water partition coefficient (Wildman–Crippen LogP) is 6.99. The van der Waals surface area contributed by atoms with Gasteiger partial charge in [0.05, 0.1) is 4.47 Å². The number of nitrogens with one attached hydrogen (secondary N) is 1. The zero-order valence-electron chi connectivity index (χ0n) is 24.2. The number of aryl methyl sites for hydroxylation is 1. The van der Waals surface area contributed by atoms with Gasteiger partial charge in [-0.2, -0.15) is 0 Å². The van der Waals surface area contributed by atoms with E-state index in [1.165, 1.54) is 0 Å². The summed E-state index contributed by atoms with van der Waals surface area (Å²) in [5.41, 5.74) is 3.75. The topological polar surface area (TPSA) is 58.6 Å². The third-order valence-corrected chi connectivity index (χ3v) is 6.97. The molecule has 1 atom stereocenters. The summed E-state index contributed by atoms with van der Waals surface area (Å²) in [5, 5.41) is 3.09. The van der Waals surface area contributed by atoms with E-state index in [0.29, 0.717) is 18.7 Å². The molecule has 208 valence electrons. The number of halogens is 1. The SMILES string of the molecule is Cc1cccc(CN(C(=O)COc2ccc(C(C)(C)C)cc2Br)[C@H](Cc2ccccc2)C(=O)NC(C)(C)C)c1. The number of rotatable bonds is 9. The van der Waals surface area contributed by atoms with E-state index in [0.717, 1.165) is 26.7 Å². The molecule has 0 aliphatic heterocycles. The Kier molecular flexibility index (Phi) is 10.0. The Bertz CT molecular complexity index is 1280. The first-order valence-corrected chi connectivity index (χ1v) is 14.2. The number of hydrogen-bond donors (Lipinski definition) is 1. The minimum Gasteiger partial charge on any atom is -0.483 e. The minimum atomic E-state index is -0.713. The summed E-state index contributed by atoms with van der Waals surface area (Å²) in [6.07, 6.45) is 0.393. The fraction of sp³-hybridized carbons (Fsp3) is 0.394. The molecule has 3 aromatic carbocycles. The number of ether oxygens (including phenoxy) is 1. The molecular weight excluding hydrogens is 552 g/mol. The summed E-state index contributed by atoms with van der Waals surface area (Å²) in [7, 11) is 0. The van der Waals surface area contributed by atoms with Gasteiger partial charge in [0, 0.05) is 18.5 Å². The molecule has 0 aromatic heterocycles. The Morgan fingerprint density at radius 1 is 0.897 bits per heavy atom. The lowest BCUT2D eigenvalue weighted by molar-refractivity contribution is -0.143. The highest BCUT2D eigenvalue weighted by Crippen LogP contribution is 2.31. The van der Waals surface area contributed by atoms with Crippen LogP contribution in [0.2, 0.25) is 0 Å². The Hall–Kier alpha value is -3.12. The molecule has 0 saturated heterocycles. The van der Waals surface area contributed by atoms with Gasteiger partial charge in [-0.3, -0.25) is 9.59 Å². The van der Waals surface area contributed by atoms with Gasteiger partial charge in [-0.15, -0.1) is 0 Å². The molecule has 0 radical (unpaired) electrons. The average molecular weight is 594 g/mol. The number of carbonyl (C=O) groups is 2. The minimum absolute atomic E-state index is 0.00738. The number of nitrogens with zero attached hydrogens (tertiary/aromatic N) is 1. The number of hydrogen-bond acceptors (Lipinski definition) is 3. The Morgan fingerprint density at radius 3 is 2.15 bits per heavy atom. The van der Waals surface area contributed by atoms with Crippen LogP contribution in [0.3, 0.4) is 0 Å². The normalized spacial score (nSPS) is 12.5. The third-order valence-electron chi connectivity index (χ3n) is 6.35. The van der Waals surface area contributed by atoms with Crippen LogP contribution in [0.5, 0.6) is 5.75 Å². The molecule has 3 rings (SSSR count). The smallest absolute Gasteiger partial charge is 0.261 e. The number of amides is 2. The van der Waals surface area contributed by atoms with Crippen LogP contribution in [0.1, 0.15) is 63.8 Å². The summed E-state index contributed by atoms with van der Waals surface area (Å²) in [6.45, 7) is 14.4. The van der Waals surface area contributed by atoms with Crippen LogP contribution >= 0.6 is 15.9 Å². The summed E-state index contributed by atoms with van der Waals surface area (Å²) in [4.78, 5) is 29.2. The predicted molar refractivity (Wildman–Crippen MR) is 162 cm³/mol. The summed E-state index contributed by atoms with van der Waals surface area (Å²) in [5.74, 6) is 0.141. The molecule has 0 heterocycles. The molecule has 0 unspecified atom stereocenters. The van der Waals surface area contributed by atoms with E-state index >= 15 is 0 Å². The van der Waals surface area contributed by atoms with Gasteiger partial charge in [0.25, 0.3) is 5.91 Å². The summed E-state index contributed by atoms with van der Waals surface area (Å²) < 4.78 is 6.81. The second-order valence-electron chi connectivity index (χ2n) is 12.1. The molecule has 5 nitrogen and oxygen atoms in total. The van der Waals surface area contributed by atoms with Crippen molar-refractivity contribution in [3.8, 4) is 5.75 Å². The Morgan fingerprint density at radius 2 is 1.56 bits per heavy atom. The molecule has 0 fully saturated rings. The molecule has 6 heteroatoms. The van der Waals surface area contributed by atoms with Crippen LogP contribution in [0.25, 0.3) is 0 Å². The maximum Gasteiger partial charge on any atom is 0.261 e. The highest BCUT2D eigenvalue weighted by molar-refractivity contribution is 9.10. The highest BCUT2D eigenvalue weighted by Gasteiger charge is 2.32. The van der Waals surface area contributed by atoms with Gasteiger partial charge in [0.2, 0.25) is 5.91 Å². The van der Waals surface area contributed by atoms with Crippen molar-refractivity contribution in [2.75, 3.05) is 6.61 Å². The summed E-state index contributed by atoms with van der Waals surface area (Å²) >= 11 is 3.60. The summed E-state index contributed by atoms with van der Waals surface area (Å²) in [6, 6.07) is 23.0. The van der Waals surface area contributed by atoms with Crippen molar-refractivity contribution in [2.45, 2.75) is 78.4 Å². The lowest BCUT2D eigenvalue weighted by atomic mass is 9.87.